The quantitative estimate of drug-likeness (QED) is 0.390. The summed E-state index contributed by atoms with van der Waals surface area (Å²) >= 11 is 1.33. The van der Waals surface area contributed by atoms with Crippen molar-refractivity contribution >= 4 is 22.5 Å². The van der Waals surface area contributed by atoms with E-state index in [2.05, 4.69) is 16.6 Å². The van der Waals surface area contributed by atoms with Crippen LogP contribution in [0.2, 0.25) is 0 Å². The number of aliphatic imine (C=N–C) groups is 1. The zero-order chi connectivity index (χ0) is 8.10. The minimum Gasteiger partial charge on any atom is -0.222 e. The second kappa shape index (κ2) is 3.81. The van der Waals surface area contributed by atoms with Crippen molar-refractivity contribution in [2.45, 2.75) is 6.42 Å². The van der Waals surface area contributed by atoms with Gasteiger partial charge in [-0.3, -0.25) is 0 Å². The number of rotatable bonds is 3. The smallest absolute Gasteiger partial charge is 0.222 e. The van der Waals surface area contributed by atoms with Crippen molar-refractivity contribution in [3.05, 3.63) is 23.7 Å². The molecular weight excluding hydrogens is 160 g/mol. The highest BCUT2D eigenvalue weighted by Gasteiger charge is 1.96. The lowest BCUT2D eigenvalue weighted by Crippen LogP contribution is -1.76. The van der Waals surface area contributed by atoms with Crippen molar-refractivity contribution in [3.63, 3.8) is 0 Å². The lowest BCUT2D eigenvalue weighted by molar-refractivity contribution is 0.565. The molecule has 1 heterocycles. The number of thiazole rings is 1. The van der Waals surface area contributed by atoms with Crippen LogP contribution in [0.25, 0.3) is 0 Å². The van der Waals surface area contributed by atoms with Crippen LogP contribution in [0.3, 0.4) is 0 Å². The minimum absolute atomic E-state index is 0.455. The summed E-state index contributed by atoms with van der Waals surface area (Å²) in [5.74, 6) is 0. The lowest BCUT2D eigenvalue weighted by Gasteiger charge is -1.81. The Hall–Kier alpha value is -1.25. The van der Waals surface area contributed by atoms with Gasteiger partial charge in [-0.25, -0.2) is 9.78 Å². The number of carbonyl (C=O) groups excluding carboxylic acids is 1. The summed E-state index contributed by atoms with van der Waals surface area (Å²) in [6.45, 7) is 3.57. The molecule has 4 heteroatoms. The van der Waals surface area contributed by atoms with Crippen molar-refractivity contribution in [1.82, 2.24) is 4.98 Å². The molecule has 0 aromatic carbocycles. The molecule has 0 saturated heterocycles. The van der Waals surface area contributed by atoms with Gasteiger partial charge >= 0.3 is 0 Å². The van der Waals surface area contributed by atoms with E-state index in [1.54, 1.807) is 6.08 Å². The molecule has 0 saturated carbocycles. The molecule has 0 amide bonds. The van der Waals surface area contributed by atoms with Crippen molar-refractivity contribution < 1.29 is 4.79 Å². The molecule has 11 heavy (non-hydrogen) atoms. The van der Waals surface area contributed by atoms with E-state index >= 15 is 0 Å². The van der Waals surface area contributed by atoms with Crippen molar-refractivity contribution in [1.29, 1.82) is 0 Å². The zero-order valence-corrected chi connectivity index (χ0v) is 6.60. The standard InChI is InChI=1S/C7H6N2OS/c1-2-3-6-4-11-7(9-6)8-5-10/h2,4H,1,3H2. The fourth-order valence-corrected chi connectivity index (χ4v) is 1.28. The van der Waals surface area contributed by atoms with Crippen LogP contribution in [-0.2, 0) is 11.2 Å². The Kier molecular flexibility index (Phi) is 2.72. The Balaban J connectivity index is 2.80. The average molecular weight is 166 g/mol. The fourth-order valence-electron chi connectivity index (χ4n) is 0.628. The topological polar surface area (TPSA) is 42.3 Å². The van der Waals surface area contributed by atoms with Crippen LogP contribution in [0.4, 0.5) is 5.13 Å². The van der Waals surface area contributed by atoms with E-state index in [1.165, 1.54) is 17.4 Å². The van der Waals surface area contributed by atoms with Gasteiger partial charge in [-0.1, -0.05) is 6.08 Å². The molecule has 0 radical (unpaired) electrons. The number of nitrogens with zero attached hydrogens (tertiary/aromatic N) is 2. The first-order valence-electron chi connectivity index (χ1n) is 3.00. The minimum atomic E-state index is 0.455. The highest BCUT2D eigenvalue weighted by molar-refractivity contribution is 7.13. The third kappa shape index (κ3) is 2.11. The van der Waals surface area contributed by atoms with Crippen LogP contribution >= 0.6 is 11.3 Å². The molecule has 3 nitrogen and oxygen atoms in total. The number of allylic oxidation sites excluding steroid dienone is 1. The van der Waals surface area contributed by atoms with Gasteiger partial charge in [0.15, 0.2) is 0 Å². The van der Waals surface area contributed by atoms with Gasteiger partial charge in [-0.2, -0.15) is 0 Å². The third-order valence-electron chi connectivity index (χ3n) is 1.03. The maximum absolute atomic E-state index is 9.80. The molecule has 1 aromatic rings. The van der Waals surface area contributed by atoms with E-state index in [1.807, 2.05) is 5.38 Å². The van der Waals surface area contributed by atoms with E-state index in [-0.39, 0.29) is 0 Å². The second-order valence-electron chi connectivity index (χ2n) is 1.82. The van der Waals surface area contributed by atoms with Crippen molar-refractivity contribution in [2.24, 2.45) is 4.99 Å². The van der Waals surface area contributed by atoms with Crippen LogP contribution in [0.1, 0.15) is 5.69 Å². The first-order chi connectivity index (χ1) is 5.36. The molecule has 0 aliphatic carbocycles. The van der Waals surface area contributed by atoms with Gasteiger partial charge in [-0.15, -0.1) is 22.9 Å². The van der Waals surface area contributed by atoms with E-state index in [9.17, 15) is 4.79 Å². The molecule has 0 aliphatic heterocycles. The Bertz CT molecular complexity index is 299. The summed E-state index contributed by atoms with van der Waals surface area (Å²) in [6.07, 6.45) is 3.90. The number of hydrogen-bond acceptors (Lipinski definition) is 4. The summed E-state index contributed by atoms with van der Waals surface area (Å²) < 4.78 is 0. The fraction of sp³-hybridized carbons (Fsp3) is 0.143. The summed E-state index contributed by atoms with van der Waals surface area (Å²) in [6, 6.07) is 0. The normalized spacial score (nSPS) is 8.73. The van der Waals surface area contributed by atoms with Crippen molar-refractivity contribution in [2.75, 3.05) is 0 Å². The molecule has 0 aliphatic rings. The SMILES string of the molecule is C=CCc1csc(N=C=O)n1. The first-order valence-corrected chi connectivity index (χ1v) is 3.88. The predicted octanol–water partition coefficient (Wildman–Crippen LogP) is 1.84. The average Bonchev–Trinajstić information content (AvgIpc) is 2.38. The molecule has 1 rings (SSSR count). The molecule has 0 atom stereocenters. The van der Waals surface area contributed by atoms with Gasteiger partial charge in [0.1, 0.15) is 0 Å². The largest absolute Gasteiger partial charge is 0.242 e. The van der Waals surface area contributed by atoms with E-state index in [0.717, 1.165) is 5.69 Å². The van der Waals surface area contributed by atoms with Gasteiger partial charge in [0.25, 0.3) is 0 Å². The van der Waals surface area contributed by atoms with Crippen LogP contribution in [0, 0.1) is 0 Å². The number of aromatic nitrogens is 1. The summed E-state index contributed by atoms with van der Waals surface area (Å²) in [5.41, 5.74) is 0.888. The Morgan fingerprint density at radius 1 is 1.91 bits per heavy atom. The lowest BCUT2D eigenvalue weighted by atomic mass is 10.3. The van der Waals surface area contributed by atoms with Crippen molar-refractivity contribution in [3.8, 4) is 0 Å². The van der Waals surface area contributed by atoms with E-state index in [4.69, 9.17) is 0 Å². The predicted molar refractivity (Wildman–Crippen MR) is 43.8 cm³/mol. The van der Waals surface area contributed by atoms with Crippen LogP contribution in [0.5, 0.6) is 0 Å². The van der Waals surface area contributed by atoms with Gasteiger partial charge in [0, 0.05) is 11.8 Å². The number of hydrogen-bond donors (Lipinski definition) is 0. The summed E-state index contributed by atoms with van der Waals surface area (Å²) in [4.78, 5) is 17.2. The monoisotopic (exact) mass is 166 g/mol. The Morgan fingerprint density at radius 2 is 2.73 bits per heavy atom. The van der Waals surface area contributed by atoms with Crippen LogP contribution < -0.4 is 0 Å². The molecule has 1 aromatic heterocycles. The molecule has 0 fully saturated rings. The van der Waals surface area contributed by atoms with Gasteiger partial charge in [0.2, 0.25) is 11.2 Å². The van der Waals surface area contributed by atoms with E-state index in [0.29, 0.717) is 11.6 Å². The van der Waals surface area contributed by atoms with E-state index < -0.39 is 0 Å². The first kappa shape index (κ1) is 7.85. The molecule has 0 unspecified atom stereocenters. The van der Waals surface area contributed by atoms with Gasteiger partial charge < -0.3 is 0 Å². The maximum Gasteiger partial charge on any atom is 0.242 e. The molecule has 0 spiro atoms. The van der Waals surface area contributed by atoms with Gasteiger partial charge in [-0.05, 0) is 0 Å². The highest BCUT2D eigenvalue weighted by Crippen LogP contribution is 2.17. The molecule has 56 valence electrons. The molecule has 0 N–H and O–H groups in total. The molecular formula is C7H6N2OS. The number of isocyanates is 1. The molecule has 0 bridgehead atoms. The Labute approximate surface area is 68.1 Å². The highest BCUT2D eigenvalue weighted by atomic mass is 32.1. The van der Waals surface area contributed by atoms with Crippen LogP contribution in [-0.4, -0.2) is 11.1 Å². The third-order valence-corrected chi connectivity index (χ3v) is 1.82. The van der Waals surface area contributed by atoms with Gasteiger partial charge in [0.05, 0.1) is 5.69 Å². The second-order valence-corrected chi connectivity index (χ2v) is 2.65. The maximum atomic E-state index is 9.80. The Morgan fingerprint density at radius 3 is 3.36 bits per heavy atom. The summed E-state index contributed by atoms with van der Waals surface area (Å²) in [7, 11) is 0. The zero-order valence-electron chi connectivity index (χ0n) is 5.78. The van der Waals surface area contributed by atoms with Crippen LogP contribution in [0.15, 0.2) is 23.0 Å². The summed E-state index contributed by atoms with van der Waals surface area (Å²) in [5, 5.41) is 2.30.